The number of carbonyl (C=O) groups excluding carboxylic acids is 1. The number of anilines is 1. The van der Waals surface area contributed by atoms with Crippen LogP contribution in [0.25, 0.3) is 0 Å². The topological polar surface area (TPSA) is 69.0 Å². The van der Waals surface area contributed by atoms with Crippen LogP contribution in [-0.2, 0) is 0 Å². The van der Waals surface area contributed by atoms with E-state index in [0.717, 1.165) is 31.1 Å². The van der Waals surface area contributed by atoms with E-state index in [4.69, 9.17) is 5.26 Å². The van der Waals surface area contributed by atoms with E-state index in [2.05, 4.69) is 21.3 Å². The van der Waals surface area contributed by atoms with Crippen LogP contribution in [0.15, 0.2) is 35.8 Å². The number of nitrogens with one attached hydrogen (secondary N) is 1. The van der Waals surface area contributed by atoms with Crippen molar-refractivity contribution in [2.45, 2.75) is 12.8 Å². The minimum absolute atomic E-state index is 0.117. The SMILES string of the molecule is N#Cc1cccc(C(=O)NC[C@H]2CCCN(c3nccs3)C2)c1. The summed E-state index contributed by atoms with van der Waals surface area (Å²) in [4.78, 5) is 18.9. The van der Waals surface area contributed by atoms with Gasteiger partial charge in [0, 0.05) is 36.8 Å². The number of hydrogen-bond acceptors (Lipinski definition) is 5. The third-order valence-corrected chi connectivity index (χ3v) is 4.85. The van der Waals surface area contributed by atoms with Crippen molar-refractivity contribution in [1.29, 1.82) is 5.26 Å². The van der Waals surface area contributed by atoms with Gasteiger partial charge in [-0.2, -0.15) is 5.26 Å². The molecule has 1 aromatic heterocycles. The Morgan fingerprint density at radius 3 is 3.22 bits per heavy atom. The Morgan fingerprint density at radius 1 is 1.52 bits per heavy atom. The van der Waals surface area contributed by atoms with Gasteiger partial charge in [-0.25, -0.2) is 4.98 Å². The summed E-state index contributed by atoms with van der Waals surface area (Å²) in [6, 6.07) is 8.85. The third-order valence-electron chi connectivity index (χ3n) is 4.01. The average molecular weight is 326 g/mol. The highest BCUT2D eigenvalue weighted by atomic mass is 32.1. The Kier molecular flexibility index (Phi) is 4.89. The highest BCUT2D eigenvalue weighted by Crippen LogP contribution is 2.24. The number of amides is 1. The number of piperidine rings is 1. The molecule has 0 unspecified atom stereocenters. The standard InChI is InChI=1S/C17H18N4OS/c18-10-13-3-1-5-15(9-13)16(22)20-11-14-4-2-7-21(12-14)17-19-6-8-23-17/h1,3,5-6,8-9,14H,2,4,7,11-12H2,(H,20,22)/t14-/m1/s1. The summed E-state index contributed by atoms with van der Waals surface area (Å²) in [5, 5.41) is 14.9. The lowest BCUT2D eigenvalue weighted by molar-refractivity contribution is 0.0945. The fourth-order valence-electron chi connectivity index (χ4n) is 2.85. The molecule has 0 spiro atoms. The smallest absolute Gasteiger partial charge is 0.251 e. The molecule has 6 heteroatoms. The molecule has 1 saturated heterocycles. The van der Waals surface area contributed by atoms with Gasteiger partial charge in [-0.15, -0.1) is 11.3 Å². The monoisotopic (exact) mass is 326 g/mol. The van der Waals surface area contributed by atoms with Gasteiger partial charge in [0.1, 0.15) is 0 Å². The highest BCUT2D eigenvalue weighted by Gasteiger charge is 2.22. The zero-order chi connectivity index (χ0) is 16.1. The molecular formula is C17H18N4OS. The second-order valence-electron chi connectivity index (χ2n) is 5.67. The Labute approximate surface area is 139 Å². The van der Waals surface area contributed by atoms with Crippen molar-refractivity contribution in [3.05, 3.63) is 47.0 Å². The van der Waals surface area contributed by atoms with Crippen LogP contribution in [0.1, 0.15) is 28.8 Å². The number of thiazole rings is 1. The van der Waals surface area contributed by atoms with E-state index in [9.17, 15) is 4.79 Å². The number of benzene rings is 1. The summed E-state index contributed by atoms with van der Waals surface area (Å²) in [5.74, 6) is 0.309. The van der Waals surface area contributed by atoms with E-state index in [1.54, 1.807) is 35.6 Å². The molecule has 118 valence electrons. The van der Waals surface area contributed by atoms with Crippen molar-refractivity contribution < 1.29 is 4.79 Å². The molecule has 0 radical (unpaired) electrons. The van der Waals surface area contributed by atoms with Gasteiger partial charge >= 0.3 is 0 Å². The Bertz CT molecular complexity index is 708. The Balaban J connectivity index is 1.55. The fraction of sp³-hybridized carbons (Fsp3) is 0.353. The summed E-state index contributed by atoms with van der Waals surface area (Å²) in [6.45, 7) is 2.60. The molecule has 5 nitrogen and oxygen atoms in total. The number of rotatable bonds is 4. The van der Waals surface area contributed by atoms with Crippen molar-refractivity contribution in [1.82, 2.24) is 10.3 Å². The minimum Gasteiger partial charge on any atom is -0.352 e. The first kappa shape index (κ1) is 15.5. The summed E-state index contributed by atoms with van der Waals surface area (Å²) in [5.41, 5.74) is 1.04. The van der Waals surface area contributed by atoms with Crippen molar-refractivity contribution in [2.24, 2.45) is 5.92 Å². The Hall–Kier alpha value is -2.39. The van der Waals surface area contributed by atoms with E-state index in [0.29, 0.717) is 23.6 Å². The predicted octanol–water partition coefficient (Wildman–Crippen LogP) is 2.66. The molecule has 3 rings (SSSR count). The number of hydrogen-bond donors (Lipinski definition) is 1. The molecule has 0 bridgehead atoms. The fourth-order valence-corrected chi connectivity index (χ4v) is 3.53. The second-order valence-corrected chi connectivity index (χ2v) is 6.54. The van der Waals surface area contributed by atoms with E-state index in [1.165, 1.54) is 0 Å². The molecule has 1 N–H and O–H groups in total. The lowest BCUT2D eigenvalue weighted by atomic mass is 9.98. The highest BCUT2D eigenvalue weighted by molar-refractivity contribution is 7.13. The lowest BCUT2D eigenvalue weighted by Gasteiger charge is -2.32. The molecule has 0 aliphatic carbocycles. The summed E-state index contributed by atoms with van der Waals surface area (Å²) in [7, 11) is 0. The first-order valence-electron chi connectivity index (χ1n) is 7.69. The van der Waals surface area contributed by atoms with Crippen molar-refractivity contribution in [3.8, 4) is 6.07 Å². The molecular weight excluding hydrogens is 308 g/mol. The number of nitriles is 1. The lowest BCUT2D eigenvalue weighted by Crippen LogP contribution is -2.41. The molecule has 1 amide bonds. The van der Waals surface area contributed by atoms with Gasteiger partial charge in [0.05, 0.1) is 11.6 Å². The van der Waals surface area contributed by atoms with Gasteiger partial charge in [-0.1, -0.05) is 6.07 Å². The molecule has 1 aliphatic rings. The maximum Gasteiger partial charge on any atom is 0.251 e. The molecule has 1 aliphatic heterocycles. The van der Waals surface area contributed by atoms with E-state index < -0.39 is 0 Å². The van der Waals surface area contributed by atoms with E-state index in [1.807, 2.05) is 11.6 Å². The maximum atomic E-state index is 12.2. The van der Waals surface area contributed by atoms with Crippen LogP contribution in [-0.4, -0.2) is 30.5 Å². The van der Waals surface area contributed by atoms with Gasteiger partial charge in [-0.05, 0) is 37.0 Å². The van der Waals surface area contributed by atoms with Crippen LogP contribution in [0.4, 0.5) is 5.13 Å². The summed E-state index contributed by atoms with van der Waals surface area (Å²) >= 11 is 1.65. The van der Waals surface area contributed by atoms with Crippen LogP contribution in [0.5, 0.6) is 0 Å². The maximum absolute atomic E-state index is 12.2. The van der Waals surface area contributed by atoms with Crippen molar-refractivity contribution in [2.75, 3.05) is 24.5 Å². The minimum atomic E-state index is -0.117. The van der Waals surface area contributed by atoms with Crippen LogP contribution < -0.4 is 10.2 Å². The molecule has 2 heterocycles. The molecule has 1 atom stereocenters. The molecule has 1 fully saturated rings. The van der Waals surface area contributed by atoms with Gasteiger partial charge in [0.25, 0.3) is 5.91 Å². The predicted molar refractivity (Wildman–Crippen MR) is 90.5 cm³/mol. The zero-order valence-electron chi connectivity index (χ0n) is 12.7. The second kappa shape index (κ2) is 7.25. The van der Waals surface area contributed by atoms with Crippen LogP contribution >= 0.6 is 11.3 Å². The average Bonchev–Trinajstić information content (AvgIpc) is 3.14. The number of nitrogens with zero attached hydrogens (tertiary/aromatic N) is 3. The number of carbonyl (C=O) groups is 1. The van der Waals surface area contributed by atoms with Crippen molar-refractivity contribution in [3.63, 3.8) is 0 Å². The molecule has 0 saturated carbocycles. The largest absolute Gasteiger partial charge is 0.352 e. The first-order chi connectivity index (χ1) is 11.3. The first-order valence-corrected chi connectivity index (χ1v) is 8.57. The quantitative estimate of drug-likeness (QED) is 0.938. The molecule has 1 aromatic carbocycles. The van der Waals surface area contributed by atoms with Crippen LogP contribution in [0.3, 0.4) is 0 Å². The van der Waals surface area contributed by atoms with E-state index >= 15 is 0 Å². The van der Waals surface area contributed by atoms with Gasteiger partial charge < -0.3 is 10.2 Å². The summed E-state index contributed by atoms with van der Waals surface area (Å²) < 4.78 is 0. The Morgan fingerprint density at radius 2 is 2.43 bits per heavy atom. The van der Waals surface area contributed by atoms with Crippen LogP contribution in [0.2, 0.25) is 0 Å². The van der Waals surface area contributed by atoms with Crippen molar-refractivity contribution >= 4 is 22.4 Å². The van der Waals surface area contributed by atoms with Gasteiger partial charge in [0.2, 0.25) is 0 Å². The van der Waals surface area contributed by atoms with Gasteiger partial charge in [-0.3, -0.25) is 4.79 Å². The van der Waals surface area contributed by atoms with Gasteiger partial charge in [0.15, 0.2) is 5.13 Å². The third kappa shape index (κ3) is 3.88. The zero-order valence-corrected chi connectivity index (χ0v) is 13.6. The summed E-state index contributed by atoms with van der Waals surface area (Å²) in [6.07, 6.45) is 4.05. The number of aromatic nitrogens is 1. The van der Waals surface area contributed by atoms with Crippen LogP contribution in [0, 0.1) is 17.2 Å². The molecule has 23 heavy (non-hydrogen) atoms. The molecule has 2 aromatic rings. The normalized spacial score (nSPS) is 17.5. The van der Waals surface area contributed by atoms with E-state index in [-0.39, 0.29) is 5.91 Å².